The molecule has 140 valence electrons. The molecule has 2 aromatic carbocycles. The lowest BCUT2D eigenvalue weighted by Gasteiger charge is -2.42. The van der Waals surface area contributed by atoms with Gasteiger partial charge < -0.3 is 5.11 Å². The van der Waals surface area contributed by atoms with Crippen molar-refractivity contribution >= 4 is 17.6 Å². The number of carbonyl (C=O) groups is 1. The van der Waals surface area contributed by atoms with Crippen LogP contribution in [0.15, 0.2) is 36.4 Å². The zero-order chi connectivity index (χ0) is 19.4. The summed E-state index contributed by atoms with van der Waals surface area (Å²) in [5.74, 6) is -0.852. The zero-order valence-electron chi connectivity index (χ0n) is 16.7. The maximum absolute atomic E-state index is 11.2. The number of rotatable bonds is 2. The fraction of sp³-hybridized carbons (Fsp3) is 0.400. The van der Waals surface area contributed by atoms with Crippen LogP contribution in [-0.4, -0.2) is 11.1 Å². The summed E-state index contributed by atoms with van der Waals surface area (Å²) < 4.78 is 0. The van der Waals surface area contributed by atoms with Crippen LogP contribution in [0, 0.1) is 0 Å². The summed E-state index contributed by atoms with van der Waals surface area (Å²) in [7, 11) is 0. The number of carboxylic acid groups (broad SMARTS) is 1. The first-order chi connectivity index (χ1) is 12.7. The summed E-state index contributed by atoms with van der Waals surface area (Å²) in [6.45, 7) is 9.42. The van der Waals surface area contributed by atoms with Gasteiger partial charge in [0.1, 0.15) is 0 Å². The SMILES string of the molecule is CC1(C)CCC(C)(C)c2cc(/C=C3\CCc4cc(C(=O)O)ccc43)ccc21. The lowest BCUT2D eigenvalue weighted by atomic mass is 9.63. The monoisotopic (exact) mass is 360 g/mol. The molecule has 0 aliphatic heterocycles. The molecule has 2 aromatic rings. The maximum Gasteiger partial charge on any atom is 0.335 e. The minimum atomic E-state index is -0.852. The van der Waals surface area contributed by atoms with Crippen LogP contribution in [0.5, 0.6) is 0 Å². The number of aromatic carboxylic acids is 1. The Balaban J connectivity index is 1.74. The molecule has 0 amide bonds. The first-order valence-corrected chi connectivity index (χ1v) is 9.90. The largest absolute Gasteiger partial charge is 0.478 e. The first-order valence-electron chi connectivity index (χ1n) is 9.90. The van der Waals surface area contributed by atoms with E-state index in [0.29, 0.717) is 5.56 Å². The summed E-state index contributed by atoms with van der Waals surface area (Å²) in [5, 5.41) is 9.21. The first kappa shape index (κ1) is 18.0. The van der Waals surface area contributed by atoms with Crippen molar-refractivity contribution in [2.75, 3.05) is 0 Å². The Labute approximate surface area is 161 Å². The molecule has 0 unspecified atom stereocenters. The molecule has 0 fully saturated rings. The van der Waals surface area contributed by atoms with E-state index >= 15 is 0 Å². The molecule has 2 aliphatic rings. The standard InChI is InChI=1S/C25H28O2/c1-24(2)11-12-25(3,4)22-14-16(5-10-21(22)24)13-17-6-7-18-15-19(23(26)27)8-9-20(17)18/h5,8-10,13-15H,6-7,11-12H2,1-4H3,(H,26,27)/b17-13+. The Morgan fingerprint density at radius 1 is 0.926 bits per heavy atom. The average molecular weight is 360 g/mol. The molecule has 0 bridgehead atoms. The summed E-state index contributed by atoms with van der Waals surface area (Å²) in [5.41, 5.74) is 8.73. The van der Waals surface area contributed by atoms with Gasteiger partial charge in [-0.15, -0.1) is 0 Å². The average Bonchev–Trinajstić information content (AvgIpc) is 3.01. The fourth-order valence-electron chi connectivity index (χ4n) is 4.70. The summed E-state index contributed by atoms with van der Waals surface area (Å²) >= 11 is 0. The van der Waals surface area contributed by atoms with Crippen molar-refractivity contribution in [1.29, 1.82) is 0 Å². The lowest BCUT2D eigenvalue weighted by molar-refractivity contribution is 0.0697. The van der Waals surface area contributed by atoms with E-state index < -0.39 is 5.97 Å². The molecule has 0 radical (unpaired) electrons. The normalized spacial score (nSPS) is 21.0. The summed E-state index contributed by atoms with van der Waals surface area (Å²) in [6.07, 6.45) is 6.64. The third-order valence-corrected chi connectivity index (χ3v) is 6.58. The minimum Gasteiger partial charge on any atom is -0.478 e. The molecule has 1 N–H and O–H groups in total. The van der Waals surface area contributed by atoms with Gasteiger partial charge in [-0.3, -0.25) is 0 Å². The number of benzene rings is 2. The Hall–Kier alpha value is -2.35. The van der Waals surface area contributed by atoms with Gasteiger partial charge in [-0.2, -0.15) is 0 Å². The molecule has 0 spiro atoms. The molecule has 0 saturated carbocycles. The van der Waals surface area contributed by atoms with Crippen LogP contribution in [0.2, 0.25) is 0 Å². The van der Waals surface area contributed by atoms with Gasteiger partial charge in [-0.05, 0) is 82.0 Å². The lowest BCUT2D eigenvalue weighted by Crippen LogP contribution is -2.33. The van der Waals surface area contributed by atoms with Crippen molar-refractivity contribution in [3.63, 3.8) is 0 Å². The quantitative estimate of drug-likeness (QED) is 0.690. The highest BCUT2D eigenvalue weighted by Gasteiger charge is 2.36. The highest BCUT2D eigenvalue weighted by atomic mass is 16.4. The van der Waals surface area contributed by atoms with E-state index in [2.05, 4.69) is 52.0 Å². The van der Waals surface area contributed by atoms with E-state index in [1.54, 1.807) is 6.07 Å². The molecular formula is C25H28O2. The Bertz CT molecular complexity index is 960. The number of hydrogen-bond donors (Lipinski definition) is 1. The van der Waals surface area contributed by atoms with Crippen molar-refractivity contribution in [3.05, 3.63) is 69.8 Å². The van der Waals surface area contributed by atoms with Crippen LogP contribution in [0.3, 0.4) is 0 Å². The zero-order valence-corrected chi connectivity index (χ0v) is 16.7. The van der Waals surface area contributed by atoms with Gasteiger partial charge >= 0.3 is 5.97 Å². The fourth-order valence-corrected chi connectivity index (χ4v) is 4.70. The molecule has 0 heterocycles. The second-order valence-electron chi connectivity index (χ2n) is 9.42. The van der Waals surface area contributed by atoms with Crippen molar-refractivity contribution in [2.45, 2.75) is 64.2 Å². The van der Waals surface area contributed by atoms with Crippen molar-refractivity contribution in [2.24, 2.45) is 0 Å². The van der Waals surface area contributed by atoms with Gasteiger partial charge in [0.05, 0.1) is 5.56 Å². The van der Waals surface area contributed by atoms with E-state index in [1.807, 2.05) is 12.1 Å². The number of carboxylic acids is 1. The summed E-state index contributed by atoms with van der Waals surface area (Å²) in [6, 6.07) is 12.5. The van der Waals surface area contributed by atoms with Crippen LogP contribution in [-0.2, 0) is 17.3 Å². The van der Waals surface area contributed by atoms with Crippen LogP contribution in [0.25, 0.3) is 11.6 Å². The van der Waals surface area contributed by atoms with Crippen molar-refractivity contribution in [1.82, 2.24) is 0 Å². The number of allylic oxidation sites excluding steroid dienone is 1. The van der Waals surface area contributed by atoms with Crippen molar-refractivity contribution < 1.29 is 9.90 Å². The van der Waals surface area contributed by atoms with Gasteiger partial charge in [-0.1, -0.05) is 58.0 Å². The smallest absolute Gasteiger partial charge is 0.335 e. The van der Waals surface area contributed by atoms with E-state index in [0.717, 1.165) is 18.4 Å². The third-order valence-electron chi connectivity index (χ3n) is 6.58. The number of aryl methyl sites for hydroxylation is 1. The predicted molar refractivity (Wildman–Crippen MR) is 111 cm³/mol. The maximum atomic E-state index is 11.2. The van der Waals surface area contributed by atoms with E-state index in [1.165, 1.54) is 40.7 Å². The molecule has 2 nitrogen and oxygen atoms in total. The Morgan fingerprint density at radius 2 is 1.63 bits per heavy atom. The Morgan fingerprint density at radius 3 is 2.33 bits per heavy atom. The molecule has 27 heavy (non-hydrogen) atoms. The summed E-state index contributed by atoms with van der Waals surface area (Å²) in [4.78, 5) is 11.2. The predicted octanol–water partition coefficient (Wildman–Crippen LogP) is 6.22. The molecule has 0 atom stereocenters. The highest BCUT2D eigenvalue weighted by Crippen LogP contribution is 2.46. The minimum absolute atomic E-state index is 0.212. The second-order valence-corrected chi connectivity index (χ2v) is 9.42. The highest BCUT2D eigenvalue weighted by molar-refractivity contribution is 5.91. The van der Waals surface area contributed by atoms with Crippen LogP contribution in [0.4, 0.5) is 0 Å². The van der Waals surface area contributed by atoms with Gasteiger partial charge in [0.15, 0.2) is 0 Å². The molecule has 0 saturated heterocycles. The van der Waals surface area contributed by atoms with Gasteiger partial charge in [0, 0.05) is 0 Å². The number of hydrogen-bond acceptors (Lipinski definition) is 1. The van der Waals surface area contributed by atoms with E-state index in [9.17, 15) is 9.90 Å². The van der Waals surface area contributed by atoms with E-state index in [4.69, 9.17) is 0 Å². The van der Waals surface area contributed by atoms with Crippen molar-refractivity contribution in [3.8, 4) is 0 Å². The van der Waals surface area contributed by atoms with E-state index in [-0.39, 0.29) is 10.8 Å². The Kier molecular flexibility index (Phi) is 4.06. The van der Waals surface area contributed by atoms with Gasteiger partial charge in [0.2, 0.25) is 0 Å². The molecule has 2 aliphatic carbocycles. The van der Waals surface area contributed by atoms with Crippen LogP contribution < -0.4 is 0 Å². The topological polar surface area (TPSA) is 37.3 Å². The van der Waals surface area contributed by atoms with Gasteiger partial charge in [0.25, 0.3) is 0 Å². The molecule has 4 rings (SSSR count). The van der Waals surface area contributed by atoms with Crippen LogP contribution >= 0.6 is 0 Å². The van der Waals surface area contributed by atoms with Gasteiger partial charge in [-0.25, -0.2) is 4.79 Å². The second kappa shape index (κ2) is 6.09. The number of fused-ring (bicyclic) bond motifs is 2. The third kappa shape index (κ3) is 3.12. The molecule has 2 heteroatoms. The van der Waals surface area contributed by atoms with Crippen LogP contribution in [0.1, 0.15) is 85.1 Å². The molecular weight excluding hydrogens is 332 g/mol. The molecule has 0 aromatic heterocycles.